The van der Waals surface area contributed by atoms with E-state index in [9.17, 15) is 14.4 Å². The molecule has 30 heavy (non-hydrogen) atoms. The van der Waals surface area contributed by atoms with Crippen molar-refractivity contribution in [3.63, 3.8) is 0 Å². The van der Waals surface area contributed by atoms with Gasteiger partial charge in [0.2, 0.25) is 0 Å². The number of piperidine rings is 1. The van der Waals surface area contributed by atoms with Crippen molar-refractivity contribution in [2.75, 3.05) is 20.2 Å². The summed E-state index contributed by atoms with van der Waals surface area (Å²) in [5.41, 5.74) is 2.48. The molecule has 2 aromatic heterocycles. The largest absolute Gasteiger partial charge is 0.465 e. The first-order chi connectivity index (χ1) is 14.4. The smallest absolute Gasteiger partial charge is 0.420 e. The van der Waals surface area contributed by atoms with E-state index in [1.807, 2.05) is 0 Å². The van der Waals surface area contributed by atoms with Crippen LogP contribution >= 0.6 is 11.6 Å². The van der Waals surface area contributed by atoms with Crippen LogP contribution in [0.25, 0.3) is 11.1 Å². The summed E-state index contributed by atoms with van der Waals surface area (Å²) in [5, 5.41) is 0.283. The summed E-state index contributed by atoms with van der Waals surface area (Å²) in [6, 6.07) is 7.89. The molecule has 0 atom stereocenters. The van der Waals surface area contributed by atoms with Gasteiger partial charge < -0.3 is 14.1 Å². The van der Waals surface area contributed by atoms with Gasteiger partial charge in [-0.25, -0.2) is 14.6 Å². The normalized spacial score (nSPS) is 14.8. The second-order valence-corrected chi connectivity index (χ2v) is 7.64. The Bertz CT molecular complexity index is 1170. The third kappa shape index (κ3) is 3.70. The third-order valence-electron chi connectivity index (χ3n) is 5.32. The van der Waals surface area contributed by atoms with Gasteiger partial charge in [0.05, 0.1) is 18.2 Å². The van der Waals surface area contributed by atoms with Crippen molar-refractivity contribution in [1.82, 2.24) is 14.5 Å². The highest BCUT2D eigenvalue weighted by Gasteiger charge is 2.28. The van der Waals surface area contributed by atoms with E-state index in [0.717, 1.165) is 0 Å². The highest BCUT2D eigenvalue weighted by atomic mass is 35.5. The number of hydrogen-bond donors (Lipinski definition) is 0. The molecule has 1 fully saturated rings. The molecule has 1 amide bonds. The van der Waals surface area contributed by atoms with Crippen LogP contribution in [0.15, 0.2) is 39.5 Å². The maximum Gasteiger partial charge on any atom is 0.420 e. The van der Waals surface area contributed by atoms with E-state index < -0.39 is 11.7 Å². The summed E-state index contributed by atoms with van der Waals surface area (Å²) < 4.78 is 11.7. The molecule has 0 saturated carbocycles. The molecule has 1 saturated heterocycles. The number of benzene rings is 1. The van der Waals surface area contributed by atoms with Gasteiger partial charge >= 0.3 is 11.7 Å². The molecule has 0 bridgehead atoms. The Morgan fingerprint density at radius 1 is 1.17 bits per heavy atom. The zero-order chi connectivity index (χ0) is 21.4. The molecule has 8 nitrogen and oxygen atoms in total. The average molecular weight is 430 g/mol. The van der Waals surface area contributed by atoms with E-state index in [1.54, 1.807) is 46.7 Å². The Balaban J connectivity index is 1.56. The fourth-order valence-corrected chi connectivity index (χ4v) is 4.14. The number of amides is 1. The molecule has 3 aromatic rings. The number of ether oxygens (including phenoxy) is 1. The van der Waals surface area contributed by atoms with Crippen LogP contribution in [0.3, 0.4) is 0 Å². The van der Waals surface area contributed by atoms with Crippen LogP contribution in [0.4, 0.5) is 0 Å². The molecule has 0 aliphatic carbocycles. The summed E-state index contributed by atoms with van der Waals surface area (Å²) in [6.45, 7) is 2.75. The van der Waals surface area contributed by atoms with Crippen molar-refractivity contribution in [2.45, 2.75) is 25.8 Å². The standard InChI is InChI=1S/C21H20ClN3O5/c1-12-9-14(11-18(22)23-12)19(26)24-7-5-15(6-8-24)25-16-10-13(20(27)29-2)3-4-17(16)30-21(25)28/h3-4,9-11,15H,5-8H2,1-2H3. The van der Waals surface area contributed by atoms with Crippen LogP contribution in [-0.2, 0) is 4.74 Å². The minimum absolute atomic E-state index is 0.113. The Morgan fingerprint density at radius 2 is 1.90 bits per heavy atom. The van der Waals surface area contributed by atoms with Gasteiger partial charge in [0.1, 0.15) is 5.15 Å². The molecular weight excluding hydrogens is 410 g/mol. The lowest BCUT2D eigenvalue weighted by Crippen LogP contribution is -2.40. The summed E-state index contributed by atoms with van der Waals surface area (Å²) in [6.07, 6.45) is 1.17. The summed E-state index contributed by atoms with van der Waals surface area (Å²) in [5.74, 6) is -1.07. The number of fused-ring (bicyclic) bond motifs is 1. The number of nitrogens with zero attached hydrogens (tertiary/aromatic N) is 3. The van der Waals surface area contributed by atoms with Gasteiger partial charge in [-0.2, -0.15) is 0 Å². The van der Waals surface area contributed by atoms with Gasteiger partial charge in [0, 0.05) is 30.4 Å². The van der Waals surface area contributed by atoms with Gasteiger partial charge in [0.15, 0.2) is 5.58 Å². The molecule has 0 spiro atoms. The zero-order valence-corrected chi connectivity index (χ0v) is 17.3. The van der Waals surface area contributed by atoms with E-state index in [2.05, 4.69) is 4.98 Å². The summed E-state index contributed by atoms with van der Waals surface area (Å²) in [4.78, 5) is 43.0. The molecule has 1 aromatic carbocycles. The number of pyridine rings is 1. The van der Waals surface area contributed by atoms with Crippen molar-refractivity contribution < 1.29 is 18.7 Å². The minimum atomic E-state index is -0.483. The van der Waals surface area contributed by atoms with Crippen molar-refractivity contribution in [3.8, 4) is 0 Å². The first-order valence-corrected chi connectivity index (χ1v) is 9.92. The van der Waals surface area contributed by atoms with Gasteiger partial charge in [-0.05, 0) is 50.1 Å². The predicted octanol–water partition coefficient (Wildman–Crippen LogP) is 3.22. The lowest BCUT2D eigenvalue weighted by Gasteiger charge is -2.32. The van der Waals surface area contributed by atoms with Crippen LogP contribution in [0.2, 0.25) is 5.15 Å². The van der Waals surface area contributed by atoms with Crippen molar-refractivity contribution >= 4 is 34.6 Å². The summed E-state index contributed by atoms with van der Waals surface area (Å²) >= 11 is 5.98. The number of rotatable bonds is 3. The first kappa shape index (κ1) is 20.2. The van der Waals surface area contributed by atoms with E-state index in [-0.39, 0.29) is 17.1 Å². The molecule has 4 rings (SSSR count). The number of esters is 1. The lowest BCUT2D eigenvalue weighted by molar-refractivity contribution is 0.0600. The quantitative estimate of drug-likeness (QED) is 0.468. The highest BCUT2D eigenvalue weighted by Crippen LogP contribution is 2.27. The Kier molecular flexibility index (Phi) is 5.34. The van der Waals surface area contributed by atoms with Gasteiger partial charge in [-0.3, -0.25) is 9.36 Å². The second-order valence-electron chi connectivity index (χ2n) is 7.26. The van der Waals surface area contributed by atoms with Gasteiger partial charge in [-0.1, -0.05) is 11.6 Å². The first-order valence-electron chi connectivity index (χ1n) is 9.54. The van der Waals surface area contributed by atoms with Crippen LogP contribution in [0, 0.1) is 6.92 Å². The monoisotopic (exact) mass is 429 g/mol. The number of methoxy groups -OCH3 is 1. The number of oxazole rings is 1. The molecule has 1 aliphatic heterocycles. The van der Waals surface area contributed by atoms with Crippen LogP contribution in [0.1, 0.15) is 45.3 Å². The van der Waals surface area contributed by atoms with Crippen LogP contribution in [-0.4, -0.2) is 46.5 Å². The number of likely N-dealkylation sites (tertiary alicyclic amines) is 1. The van der Waals surface area contributed by atoms with Crippen molar-refractivity contribution in [2.24, 2.45) is 0 Å². The molecule has 0 unspecified atom stereocenters. The van der Waals surface area contributed by atoms with Gasteiger partial charge in [-0.15, -0.1) is 0 Å². The minimum Gasteiger partial charge on any atom is -0.465 e. The molecule has 9 heteroatoms. The van der Waals surface area contributed by atoms with E-state index in [0.29, 0.717) is 53.9 Å². The highest BCUT2D eigenvalue weighted by molar-refractivity contribution is 6.29. The molecule has 156 valence electrons. The van der Waals surface area contributed by atoms with Crippen molar-refractivity contribution in [1.29, 1.82) is 0 Å². The Morgan fingerprint density at radius 3 is 2.57 bits per heavy atom. The average Bonchev–Trinajstić information content (AvgIpc) is 3.06. The molecule has 0 N–H and O–H groups in total. The van der Waals surface area contributed by atoms with Crippen molar-refractivity contribution in [3.05, 3.63) is 62.9 Å². The number of carbonyl (C=O) groups is 2. The number of aromatic nitrogens is 2. The molecule has 0 radical (unpaired) electrons. The fraction of sp³-hybridized carbons (Fsp3) is 0.333. The fourth-order valence-electron chi connectivity index (χ4n) is 3.89. The molecule has 3 heterocycles. The summed E-state index contributed by atoms with van der Waals surface area (Å²) in [7, 11) is 1.30. The topological polar surface area (TPSA) is 94.6 Å². The second kappa shape index (κ2) is 7.95. The lowest BCUT2D eigenvalue weighted by atomic mass is 10.0. The Labute approximate surface area is 177 Å². The number of halogens is 1. The van der Waals surface area contributed by atoms with Crippen LogP contribution in [0.5, 0.6) is 0 Å². The number of carbonyl (C=O) groups excluding carboxylic acids is 2. The van der Waals surface area contributed by atoms with E-state index in [1.165, 1.54) is 7.11 Å². The van der Waals surface area contributed by atoms with Gasteiger partial charge in [0.25, 0.3) is 5.91 Å². The zero-order valence-electron chi connectivity index (χ0n) is 16.6. The Hall–Kier alpha value is -3.13. The van der Waals surface area contributed by atoms with E-state index in [4.69, 9.17) is 20.8 Å². The van der Waals surface area contributed by atoms with E-state index >= 15 is 0 Å². The number of hydrogen-bond acceptors (Lipinski definition) is 6. The third-order valence-corrected chi connectivity index (χ3v) is 5.51. The SMILES string of the molecule is COC(=O)c1ccc2oc(=O)n(C3CCN(C(=O)c4cc(C)nc(Cl)c4)CC3)c2c1. The maximum atomic E-state index is 12.8. The molecule has 1 aliphatic rings. The maximum absolute atomic E-state index is 12.8. The number of aryl methyl sites for hydroxylation is 1. The van der Waals surface area contributed by atoms with Crippen LogP contribution < -0.4 is 5.76 Å². The molecular formula is C21H20ClN3O5. The predicted molar refractivity (Wildman–Crippen MR) is 110 cm³/mol.